The van der Waals surface area contributed by atoms with Gasteiger partial charge in [-0.1, -0.05) is 29.8 Å². The van der Waals surface area contributed by atoms with Gasteiger partial charge in [-0.3, -0.25) is 9.59 Å². The molecule has 5 N–H and O–H groups in total. The third kappa shape index (κ3) is 2.72. The zero-order valence-electron chi connectivity index (χ0n) is 16.5. The molecule has 1 aliphatic heterocycles. The number of primary amides is 1. The van der Waals surface area contributed by atoms with Crippen molar-refractivity contribution in [3.8, 4) is 0 Å². The van der Waals surface area contributed by atoms with E-state index in [2.05, 4.69) is 16.8 Å². The highest BCUT2D eigenvalue weighted by atomic mass is 16.3. The van der Waals surface area contributed by atoms with E-state index in [0.717, 1.165) is 11.1 Å². The lowest BCUT2D eigenvalue weighted by Crippen LogP contribution is -2.60. The SMILES string of the molecule is CNC(=O)C1=CC(C(N)=O)(C2[C@H]3CC(O)C[C@@H]23)N([C@@H](C)c2cccc(C)c2)N1. The predicted molar refractivity (Wildman–Crippen MR) is 104 cm³/mol. The second-order valence-corrected chi connectivity index (χ2v) is 8.38. The van der Waals surface area contributed by atoms with Crippen molar-refractivity contribution in [3.05, 3.63) is 47.2 Å². The lowest BCUT2D eigenvalue weighted by atomic mass is 9.84. The molecule has 2 saturated carbocycles. The van der Waals surface area contributed by atoms with Crippen LogP contribution in [0.4, 0.5) is 0 Å². The van der Waals surface area contributed by atoms with Crippen LogP contribution >= 0.6 is 0 Å². The van der Waals surface area contributed by atoms with Crippen molar-refractivity contribution >= 4 is 11.8 Å². The maximum Gasteiger partial charge on any atom is 0.268 e. The number of amides is 2. The molecule has 0 aromatic heterocycles. The Labute approximate surface area is 164 Å². The van der Waals surface area contributed by atoms with E-state index in [-0.39, 0.29) is 35.8 Å². The Morgan fingerprint density at radius 1 is 1.36 bits per heavy atom. The third-order valence-electron chi connectivity index (χ3n) is 6.71. The first-order valence-electron chi connectivity index (χ1n) is 9.85. The van der Waals surface area contributed by atoms with Gasteiger partial charge in [0.2, 0.25) is 5.91 Å². The van der Waals surface area contributed by atoms with E-state index in [1.807, 2.05) is 37.1 Å². The first-order chi connectivity index (χ1) is 13.3. The van der Waals surface area contributed by atoms with Crippen LogP contribution in [-0.4, -0.2) is 40.6 Å². The summed E-state index contributed by atoms with van der Waals surface area (Å²) in [6.45, 7) is 4.03. The summed E-state index contributed by atoms with van der Waals surface area (Å²) >= 11 is 0. The number of aryl methyl sites for hydroxylation is 1. The molecule has 7 heteroatoms. The van der Waals surface area contributed by atoms with Gasteiger partial charge in [0.25, 0.3) is 5.91 Å². The van der Waals surface area contributed by atoms with Gasteiger partial charge in [-0.2, -0.15) is 5.01 Å². The summed E-state index contributed by atoms with van der Waals surface area (Å²) in [7, 11) is 1.56. The Kier molecular flexibility index (Phi) is 4.47. The van der Waals surface area contributed by atoms with Crippen molar-refractivity contribution in [2.45, 2.75) is 44.4 Å². The van der Waals surface area contributed by atoms with Crippen molar-refractivity contribution < 1.29 is 14.7 Å². The second-order valence-electron chi connectivity index (χ2n) is 8.38. The number of benzene rings is 1. The molecule has 150 valence electrons. The van der Waals surface area contributed by atoms with E-state index >= 15 is 0 Å². The Balaban J connectivity index is 1.75. The number of carbonyl (C=O) groups excluding carboxylic acids is 2. The summed E-state index contributed by atoms with van der Waals surface area (Å²) in [6.07, 6.45) is 2.76. The molecular formula is C21H28N4O3. The van der Waals surface area contributed by atoms with Crippen LogP contribution in [0.25, 0.3) is 0 Å². The topological polar surface area (TPSA) is 108 Å². The minimum Gasteiger partial charge on any atom is -0.393 e. The van der Waals surface area contributed by atoms with E-state index in [0.29, 0.717) is 18.5 Å². The van der Waals surface area contributed by atoms with Gasteiger partial charge in [0.15, 0.2) is 0 Å². The molecule has 3 unspecified atom stereocenters. The number of fused-ring (bicyclic) bond motifs is 1. The number of nitrogens with one attached hydrogen (secondary N) is 2. The highest BCUT2D eigenvalue weighted by molar-refractivity contribution is 5.97. The fourth-order valence-electron chi connectivity index (χ4n) is 5.37. The number of aliphatic hydroxyl groups is 1. The molecule has 28 heavy (non-hydrogen) atoms. The number of nitrogens with zero attached hydrogens (tertiary/aromatic N) is 1. The molecule has 2 amide bonds. The van der Waals surface area contributed by atoms with Crippen molar-refractivity contribution in [1.29, 1.82) is 0 Å². The van der Waals surface area contributed by atoms with Gasteiger partial charge in [0.05, 0.1) is 12.1 Å². The fourth-order valence-corrected chi connectivity index (χ4v) is 5.37. The molecule has 4 rings (SSSR count). The zero-order valence-corrected chi connectivity index (χ0v) is 16.5. The molecule has 0 saturated heterocycles. The average molecular weight is 384 g/mol. The van der Waals surface area contributed by atoms with Crippen LogP contribution in [-0.2, 0) is 9.59 Å². The quantitative estimate of drug-likeness (QED) is 0.599. The number of nitrogens with two attached hydrogens (primary N) is 1. The van der Waals surface area contributed by atoms with Gasteiger partial charge in [-0.05, 0) is 56.1 Å². The van der Waals surface area contributed by atoms with E-state index in [1.165, 1.54) is 0 Å². The number of carbonyl (C=O) groups is 2. The molecule has 1 aromatic carbocycles. The predicted octanol–water partition coefficient (Wildman–Crippen LogP) is 0.747. The third-order valence-corrected chi connectivity index (χ3v) is 6.71. The lowest BCUT2D eigenvalue weighted by Gasteiger charge is -2.40. The van der Waals surface area contributed by atoms with Crippen LogP contribution < -0.4 is 16.5 Å². The van der Waals surface area contributed by atoms with Gasteiger partial charge >= 0.3 is 0 Å². The van der Waals surface area contributed by atoms with Crippen molar-refractivity contribution in [1.82, 2.24) is 15.8 Å². The molecule has 1 aromatic rings. The van der Waals surface area contributed by atoms with E-state index in [4.69, 9.17) is 5.73 Å². The molecule has 2 aliphatic carbocycles. The summed E-state index contributed by atoms with van der Waals surface area (Å²) in [4.78, 5) is 25.3. The summed E-state index contributed by atoms with van der Waals surface area (Å²) in [5.41, 5.74) is 10.6. The smallest absolute Gasteiger partial charge is 0.268 e. The maximum absolute atomic E-state index is 12.9. The van der Waals surface area contributed by atoms with Crippen LogP contribution in [0, 0.1) is 24.7 Å². The first kappa shape index (κ1) is 19.0. The molecule has 2 fully saturated rings. The highest BCUT2D eigenvalue weighted by Gasteiger charge is 2.69. The van der Waals surface area contributed by atoms with Gasteiger partial charge in [-0.15, -0.1) is 0 Å². The van der Waals surface area contributed by atoms with Crippen LogP contribution in [0.15, 0.2) is 36.0 Å². The number of hydrazine groups is 1. The van der Waals surface area contributed by atoms with Crippen molar-refractivity contribution in [3.63, 3.8) is 0 Å². The summed E-state index contributed by atoms with van der Waals surface area (Å²) in [6, 6.07) is 7.92. The van der Waals surface area contributed by atoms with E-state index in [9.17, 15) is 14.7 Å². The van der Waals surface area contributed by atoms with Gasteiger partial charge in [-0.25, -0.2) is 0 Å². The average Bonchev–Trinajstić information content (AvgIpc) is 3.03. The summed E-state index contributed by atoms with van der Waals surface area (Å²) in [5, 5.41) is 14.4. The fraction of sp³-hybridized carbons (Fsp3) is 0.524. The van der Waals surface area contributed by atoms with Crippen molar-refractivity contribution in [2.24, 2.45) is 23.5 Å². The van der Waals surface area contributed by atoms with Gasteiger partial charge in [0.1, 0.15) is 11.2 Å². The van der Waals surface area contributed by atoms with Gasteiger partial charge in [0, 0.05) is 7.05 Å². The standard InChI is InChI=1S/C21H28N4O3/c1-11-5-4-6-13(7-11)12(2)25-21(20(22)28,10-17(24-25)19(27)23-3)18-15-8-14(26)9-16(15)18/h4-7,10,12,14-16,18,24,26H,8-9H2,1-3H3,(H2,22,28)(H,23,27)/t12-,14?,15-,16+,18?,21?/m0/s1. The molecule has 7 nitrogen and oxygen atoms in total. The molecule has 1 heterocycles. The van der Waals surface area contributed by atoms with Crippen LogP contribution in [0.2, 0.25) is 0 Å². The number of hydrogen-bond acceptors (Lipinski definition) is 5. The van der Waals surface area contributed by atoms with Crippen LogP contribution in [0.1, 0.15) is 36.9 Å². The first-order valence-corrected chi connectivity index (χ1v) is 9.85. The molecule has 3 aliphatic rings. The summed E-state index contributed by atoms with van der Waals surface area (Å²) < 4.78 is 0. The van der Waals surface area contributed by atoms with Crippen LogP contribution in [0.3, 0.4) is 0 Å². The number of rotatable bonds is 5. The Bertz CT molecular complexity index is 842. The Morgan fingerprint density at radius 3 is 2.61 bits per heavy atom. The minimum absolute atomic E-state index is 0.00434. The lowest BCUT2D eigenvalue weighted by molar-refractivity contribution is -0.132. The van der Waals surface area contributed by atoms with Crippen LogP contribution in [0.5, 0.6) is 0 Å². The van der Waals surface area contributed by atoms with E-state index in [1.54, 1.807) is 13.1 Å². The summed E-state index contributed by atoms with van der Waals surface area (Å²) in [5.74, 6) is -0.258. The largest absolute Gasteiger partial charge is 0.393 e. The number of hydrogen-bond donors (Lipinski definition) is 4. The number of aliphatic hydroxyl groups excluding tert-OH is 1. The monoisotopic (exact) mass is 384 g/mol. The molecule has 0 spiro atoms. The zero-order chi connectivity index (χ0) is 20.2. The molecular weight excluding hydrogens is 356 g/mol. The van der Waals surface area contributed by atoms with Gasteiger partial charge < -0.3 is 21.6 Å². The Hall–Kier alpha value is -2.38. The highest BCUT2D eigenvalue weighted by Crippen LogP contribution is 2.64. The molecule has 0 radical (unpaired) electrons. The molecule has 6 atom stereocenters. The van der Waals surface area contributed by atoms with Crippen molar-refractivity contribution in [2.75, 3.05) is 7.05 Å². The number of likely N-dealkylation sites (N-methyl/N-ethyl adjacent to an activating group) is 1. The molecule has 0 bridgehead atoms. The maximum atomic E-state index is 12.9. The Morgan fingerprint density at radius 2 is 2.04 bits per heavy atom. The minimum atomic E-state index is -1.10. The normalized spacial score (nSPS) is 34.9. The van der Waals surface area contributed by atoms with E-state index < -0.39 is 11.4 Å². The second kappa shape index (κ2) is 6.60.